The van der Waals surface area contributed by atoms with Crippen LogP contribution in [0.5, 0.6) is 0 Å². The van der Waals surface area contributed by atoms with Gasteiger partial charge in [-0.25, -0.2) is 17.6 Å². The number of ketones is 1. The first-order chi connectivity index (χ1) is 15.6. The smallest absolute Gasteiger partial charge is 0.340 e. The highest BCUT2D eigenvalue weighted by molar-refractivity contribution is 7.89. The van der Waals surface area contributed by atoms with Gasteiger partial charge in [-0.2, -0.15) is 4.31 Å². The molecule has 1 aliphatic rings. The molecule has 1 aliphatic heterocycles. The molecule has 9 nitrogen and oxygen atoms in total. The molecular weight excluding hydrogens is 455 g/mol. The molecule has 0 aliphatic carbocycles. The van der Waals surface area contributed by atoms with E-state index in [1.54, 1.807) is 20.8 Å². The van der Waals surface area contributed by atoms with Crippen LogP contribution in [0.25, 0.3) is 0 Å². The molecule has 1 N–H and O–H groups in total. The minimum Gasteiger partial charge on any atom is -0.462 e. The Balaban J connectivity index is 1.76. The predicted molar refractivity (Wildman–Crippen MR) is 115 cm³/mol. The zero-order chi connectivity index (χ0) is 24.3. The summed E-state index contributed by atoms with van der Waals surface area (Å²) in [6.45, 7) is 4.31. The van der Waals surface area contributed by atoms with Crippen molar-refractivity contribution < 1.29 is 36.7 Å². The van der Waals surface area contributed by atoms with Gasteiger partial charge in [0, 0.05) is 17.9 Å². The maximum absolute atomic E-state index is 14.1. The summed E-state index contributed by atoms with van der Waals surface area (Å²) in [5.74, 6) is -3.14. The van der Waals surface area contributed by atoms with E-state index in [-0.39, 0.29) is 30.7 Å². The summed E-state index contributed by atoms with van der Waals surface area (Å²) >= 11 is 0. The number of aryl methyl sites for hydroxylation is 2. The van der Waals surface area contributed by atoms with Crippen LogP contribution in [0, 0.1) is 19.7 Å². The van der Waals surface area contributed by atoms with Gasteiger partial charge in [-0.05, 0) is 45.7 Å². The number of ether oxygens (including phenoxy) is 2. The van der Waals surface area contributed by atoms with Crippen molar-refractivity contribution in [2.24, 2.45) is 0 Å². The standard InChI is InChI=1S/C22H25FN2O7S/c1-4-31-22(28)20-14(3)24-13(2)19(20)17(26)12-32-21(27)16-9-7-11-25(16)33(29,30)18-10-6-5-8-15(18)23/h5-6,8,10,16,24H,4,7,9,11-12H2,1-3H3/t16-/m0/s1. The van der Waals surface area contributed by atoms with Gasteiger partial charge in [0.25, 0.3) is 0 Å². The summed E-state index contributed by atoms with van der Waals surface area (Å²) in [5.41, 5.74) is 0.987. The third kappa shape index (κ3) is 4.83. The van der Waals surface area contributed by atoms with Crippen LogP contribution in [0.3, 0.4) is 0 Å². The van der Waals surface area contributed by atoms with Crippen molar-refractivity contribution in [1.82, 2.24) is 9.29 Å². The molecule has 0 unspecified atom stereocenters. The summed E-state index contributed by atoms with van der Waals surface area (Å²) in [6.07, 6.45) is 0.557. The summed E-state index contributed by atoms with van der Waals surface area (Å²) in [4.78, 5) is 40.1. The van der Waals surface area contributed by atoms with Gasteiger partial charge < -0.3 is 14.5 Å². The number of aromatic amines is 1. The van der Waals surface area contributed by atoms with E-state index in [1.165, 1.54) is 12.1 Å². The number of aromatic nitrogens is 1. The predicted octanol–water partition coefficient (Wildman–Crippen LogP) is 2.53. The first-order valence-electron chi connectivity index (χ1n) is 10.4. The van der Waals surface area contributed by atoms with Crippen molar-refractivity contribution in [3.63, 3.8) is 0 Å². The van der Waals surface area contributed by atoms with Gasteiger partial charge in [0.2, 0.25) is 15.8 Å². The summed E-state index contributed by atoms with van der Waals surface area (Å²) in [7, 11) is -4.28. The molecule has 178 valence electrons. The minimum absolute atomic E-state index is 0.0213. The second-order valence-electron chi connectivity index (χ2n) is 7.58. The second-order valence-corrected chi connectivity index (χ2v) is 9.44. The van der Waals surface area contributed by atoms with E-state index in [2.05, 4.69) is 4.98 Å². The number of sulfonamides is 1. The van der Waals surface area contributed by atoms with E-state index in [1.807, 2.05) is 0 Å². The number of hydrogen-bond donors (Lipinski definition) is 1. The van der Waals surface area contributed by atoms with Gasteiger partial charge in [0.15, 0.2) is 6.61 Å². The van der Waals surface area contributed by atoms with Gasteiger partial charge in [0.1, 0.15) is 16.8 Å². The summed E-state index contributed by atoms with van der Waals surface area (Å²) in [6, 6.07) is 3.73. The van der Waals surface area contributed by atoms with E-state index in [4.69, 9.17) is 9.47 Å². The maximum Gasteiger partial charge on any atom is 0.340 e. The monoisotopic (exact) mass is 480 g/mol. The van der Waals surface area contributed by atoms with Crippen LogP contribution in [-0.2, 0) is 24.3 Å². The van der Waals surface area contributed by atoms with Crippen LogP contribution in [0.1, 0.15) is 51.9 Å². The molecule has 0 saturated carbocycles. The van der Waals surface area contributed by atoms with Crippen molar-refractivity contribution in [3.8, 4) is 0 Å². The highest BCUT2D eigenvalue weighted by atomic mass is 32.2. The van der Waals surface area contributed by atoms with Gasteiger partial charge >= 0.3 is 11.9 Å². The molecule has 1 fully saturated rings. The SMILES string of the molecule is CCOC(=O)c1c(C)[nH]c(C)c1C(=O)COC(=O)[C@@H]1CCCN1S(=O)(=O)c1ccccc1F. The number of carbonyl (C=O) groups excluding carboxylic acids is 3. The van der Waals surface area contributed by atoms with Crippen molar-refractivity contribution in [2.75, 3.05) is 19.8 Å². The van der Waals surface area contributed by atoms with Gasteiger partial charge in [0.05, 0.1) is 17.7 Å². The van der Waals surface area contributed by atoms with Crippen LogP contribution >= 0.6 is 0 Å². The van der Waals surface area contributed by atoms with E-state index >= 15 is 0 Å². The number of esters is 2. The van der Waals surface area contributed by atoms with Gasteiger partial charge in [-0.3, -0.25) is 9.59 Å². The maximum atomic E-state index is 14.1. The summed E-state index contributed by atoms with van der Waals surface area (Å²) in [5, 5.41) is 0. The molecule has 11 heteroatoms. The Kier molecular flexibility index (Phi) is 7.33. The summed E-state index contributed by atoms with van der Waals surface area (Å²) < 4.78 is 51.0. The Morgan fingerprint density at radius 3 is 2.45 bits per heavy atom. The third-order valence-electron chi connectivity index (χ3n) is 5.38. The number of hydrogen-bond acceptors (Lipinski definition) is 7. The van der Waals surface area contributed by atoms with Gasteiger partial charge in [-0.1, -0.05) is 12.1 Å². The minimum atomic E-state index is -4.28. The van der Waals surface area contributed by atoms with Crippen molar-refractivity contribution >= 4 is 27.7 Å². The highest BCUT2D eigenvalue weighted by Crippen LogP contribution is 2.28. The Bertz CT molecular complexity index is 1190. The van der Waals surface area contributed by atoms with Crippen molar-refractivity contribution in [1.29, 1.82) is 0 Å². The second kappa shape index (κ2) is 9.84. The average molecular weight is 481 g/mol. The number of carbonyl (C=O) groups is 3. The Morgan fingerprint density at radius 2 is 1.79 bits per heavy atom. The van der Waals surface area contributed by atoms with E-state index in [0.717, 1.165) is 16.4 Å². The van der Waals surface area contributed by atoms with Crippen LogP contribution in [0.4, 0.5) is 4.39 Å². The molecule has 2 aromatic rings. The fourth-order valence-corrected chi connectivity index (χ4v) is 5.65. The molecule has 0 bridgehead atoms. The molecule has 1 aromatic heterocycles. The molecular formula is C22H25FN2O7S. The molecule has 0 radical (unpaired) electrons. The number of H-pyrrole nitrogens is 1. The fraction of sp³-hybridized carbons (Fsp3) is 0.409. The lowest BCUT2D eigenvalue weighted by atomic mass is 10.1. The Morgan fingerprint density at radius 1 is 1.12 bits per heavy atom. The number of nitrogens with one attached hydrogen (secondary N) is 1. The van der Waals surface area contributed by atoms with Gasteiger partial charge in [-0.15, -0.1) is 0 Å². The lowest BCUT2D eigenvalue weighted by molar-refractivity contribution is -0.146. The van der Waals surface area contributed by atoms with Crippen LogP contribution in [0.15, 0.2) is 29.2 Å². The highest BCUT2D eigenvalue weighted by Gasteiger charge is 2.41. The number of halogens is 1. The number of Topliss-reactive ketones (excluding diaryl/α,β-unsaturated/α-hetero) is 1. The number of benzene rings is 1. The molecule has 0 spiro atoms. The zero-order valence-corrected chi connectivity index (χ0v) is 19.3. The number of rotatable bonds is 8. The fourth-order valence-electron chi connectivity index (χ4n) is 3.94. The number of nitrogens with zero attached hydrogens (tertiary/aromatic N) is 1. The van der Waals surface area contributed by atoms with E-state index in [9.17, 15) is 27.2 Å². The Labute approximate surface area is 190 Å². The molecule has 1 saturated heterocycles. The molecule has 33 heavy (non-hydrogen) atoms. The Hall–Kier alpha value is -3.05. The lowest BCUT2D eigenvalue weighted by Crippen LogP contribution is -2.42. The third-order valence-corrected chi connectivity index (χ3v) is 7.32. The van der Waals surface area contributed by atoms with Crippen LogP contribution < -0.4 is 0 Å². The lowest BCUT2D eigenvalue weighted by Gasteiger charge is -2.22. The first-order valence-corrected chi connectivity index (χ1v) is 11.9. The first kappa shape index (κ1) is 24.6. The molecule has 1 atom stereocenters. The molecule has 2 heterocycles. The zero-order valence-electron chi connectivity index (χ0n) is 18.5. The topological polar surface area (TPSA) is 123 Å². The van der Waals surface area contributed by atoms with Crippen molar-refractivity contribution in [2.45, 2.75) is 44.6 Å². The molecule has 1 aromatic carbocycles. The van der Waals surface area contributed by atoms with Crippen LogP contribution in [0.2, 0.25) is 0 Å². The van der Waals surface area contributed by atoms with Crippen LogP contribution in [-0.4, -0.2) is 61.2 Å². The molecule has 0 amide bonds. The normalized spacial score (nSPS) is 16.5. The average Bonchev–Trinajstić information content (AvgIpc) is 3.37. The van der Waals surface area contributed by atoms with E-state index in [0.29, 0.717) is 17.8 Å². The molecule has 3 rings (SSSR count). The van der Waals surface area contributed by atoms with E-state index < -0.39 is 51.1 Å². The van der Waals surface area contributed by atoms with Crippen molar-refractivity contribution in [3.05, 3.63) is 52.6 Å². The quantitative estimate of drug-likeness (QED) is 0.455. The largest absolute Gasteiger partial charge is 0.462 e.